The van der Waals surface area contributed by atoms with Crippen molar-refractivity contribution in [1.82, 2.24) is 20.0 Å². The van der Waals surface area contributed by atoms with Gasteiger partial charge in [0.25, 0.3) is 0 Å². The Morgan fingerprint density at radius 1 is 0.938 bits per heavy atom. The molecule has 0 unspecified atom stereocenters. The van der Waals surface area contributed by atoms with Gasteiger partial charge in [-0.25, -0.2) is 9.97 Å². The summed E-state index contributed by atoms with van der Waals surface area (Å²) in [6, 6.07) is 11.3. The quantitative estimate of drug-likeness (QED) is 0.240. The van der Waals surface area contributed by atoms with Gasteiger partial charge in [0, 0.05) is 31.9 Å². The number of hydrogen-bond donors (Lipinski definition) is 0. The average molecular weight is 434 g/mol. The van der Waals surface area contributed by atoms with Gasteiger partial charge < -0.3 is 13.4 Å². The van der Waals surface area contributed by atoms with E-state index in [2.05, 4.69) is 20.0 Å². The molecular weight excluding hydrogens is 408 g/mol. The summed E-state index contributed by atoms with van der Waals surface area (Å²) >= 11 is 0. The van der Waals surface area contributed by atoms with Crippen LogP contribution in [0.4, 0.5) is 0 Å². The molecule has 8 nitrogen and oxygen atoms in total. The van der Waals surface area contributed by atoms with E-state index in [9.17, 15) is 4.79 Å². The summed E-state index contributed by atoms with van der Waals surface area (Å²) in [6.07, 6.45) is 5.49. The predicted molar refractivity (Wildman–Crippen MR) is 117 cm³/mol. The van der Waals surface area contributed by atoms with Crippen LogP contribution in [-0.2, 0) is 13.1 Å². The van der Waals surface area contributed by atoms with E-state index < -0.39 is 0 Å². The second-order valence-electron chi connectivity index (χ2n) is 7.72. The summed E-state index contributed by atoms with van der Waals surface area (Å²) in [6.45, 7) is 5.65. The minimum Gasteiger partial charge on any atom is -0.445 e. The molecule has 3 aromatic heterocycles. The van der Waals surface area contributed by atoms with Crippen LogP contribution in [0.2, 0.25) is 0 Å². The first-order valence-electron chi connectivity index (χ1n) is 10.7. The lowest BCUT2D eigenvalue weighted by Gasteiger charge is -2.19. The number of ketones is 1. The maximum Gasteiger partial charge on any atom is 0.191 e. The number of Topliss-reactive ketones (excluding diaryl/α,β-unsaturated/α-hetero) is 1. The first kappa shape index (κ1) is 21.7. The number of nitrogens with zero attached hydrogens (tertiary/aromatic N) is 4. The second kappa shape index (κ2) is 10.2. The van der Waals surface area contributed by atoms with Crippen molar-refractivity contribution in [2.24, 2.45) is 0 Å². The molecular formula is C24H26N4O4. The third kappa shape index (κ3) is 5.79. The highest BCUT2D eigenvalue weighted by molar-refractivity contribution is 5.94. The minimum absolute atomic E-state index is 0.0146. The lowest BCUT2D eigenvalue weighted by atomic mass is 10.1. The van der Waals surface area contributed by atoms with E-state index >= 15 is 0 Å². The zero-order valence-electron chi connectivity index (χ0n) is 18.3. The second-order valence-corrected chi connectivity index (χ2v) is 7.72. The van der Waals surface area contributed by atoms with Crippen molar-refractivity contribution in [3.8, 4) is 11.3 Å². The zero-order valence-corrected chi connectivity index (χ0v) is 18.3. The van der Waals surface area contributed by atoms with Crippen LogP contribution in [0.25, 0.3) is 11.3 Å². The standard InChI is InChI=1S/C24H26N4O4/c1-17-25-13-20(30-17)15-28(16-21-14-26-18(2)31-21)11-7-6-10-23(29)22-12-24(32-27-22)19-8-4-3-5-9-19/h3-5,8-9,12-14H,6-7,10-11,15-16H2,1-2H3. The van der Waals surface area contributed by atoms with E-state index in [1.807, 2.05) is 44.2 Å². The van der Waals surface area contributed by atoms with Crippen LogP contribution in [0, 0.1) is 13.8 Å². The van der Waals surface area contributed by atoms with E-state index in [0.717, 1.165) is 36.5 Å². The Labute approximate surface area is 186 Å². The van der Waals surface area contributed by atoms with Gasteiger partial charge in [0.2, 0.25) is 0 Å². The average Bonchev–Trinajstić information content (AvgIpc) is 3.53. The van der Waals surface area contributed by atoms with Crippen molar-refractivity contribution in [3.05, 3.63) is 77.8 Å². The van der Waals surface area contributed by atoms with E-state index in [-0.39, 0.29) is 5.78 Å². The molecule has 0 saturated heterocycles. The van der Waals surface area contributed by atoms with Crippen molar-refractivity contribution < 1.29 is 18.2 Å². The molecule has 0 fully saturated rings. The van der Waals surface area contributed by atoms with E-state index in [1.54, 1.807) is 18.5 Å². The molecule has 0 atom stereocenters. The third-order valence-corrected chi connectivity index (χ3v) is 5.08. The van der Waals surface area contributed by atoms with Gasteiger partial charge in [-0.3, -0.25) is 9.69 Å². The number of carbonyl (C=O) groups is 1. The maximum atomic E-state index is 12.5. The topological polar surface area (TPSA) is 98.4 Å². The highest BCUT2D eigenvalue weighted by atomic mass is 16.5. The molecule has 0 aliphatic carbocycles. The Morgan fingerprint density at radius 3 is 2.19 bits per heavy atom. The van der Waals surface area contributed by atoms with Crippen molar-refractivity contribution in [2.75, 3.05) is 6.54 Å². The fourth-order valence-corrected chi connectivity index (χ4v) is 3.51. The number of rotatable bonds is 11. The Morgan fingerprint density at radius 2 is 1.59 bits per heavy atom. The molecule has 0 aliphatic rings. The summed E-state index contributed by atoms with van der Waals surface area (Å²) in [5.74, 6) is 3.47. The predicted octanol–water partition coefficient (Wildman–Crippen LogP) is 4.99. The first-order chi connectivity index (χ1) is 15.6. The Hall–Kier alpha value is -3.52. The SMILES string of the molecule is Cc1ncc(CN(CCCCC(=O)c2cc(-c3ccccc3)on2)Cc2cnc(C)o2)o1. The van der Waals surface area contributed by atoms with Gasteiger partial charge in [-0.2, -0.15) is 0 Å². The molecule has 4 rings (SSSR count). The van der Waals surface area contributed by atoms with Gasteiger partial charge in [-0.1, -0.05) is 35.5 Å². The monoisotopic (exact) mass is 434 g/mol. The third-order valence-electron chi connectivity index (χ3n) is 5.08. The summed E-state index contributed by atoms with van der Waals surface area (Å²) in [5.41, 5.74) is 1.27. The molecule has 0 spiro atoms. The number of unbranched alkanes of at least 4 members (excludes halogenated alkanes) is 1. The van der Waals surface area contributed by atoms with E-state index in [0.29, 0.717) is 42.7 Å². The highest BCUT2D eigenvalue weighted by Crippen LogP contribution is 2.21. The van der Waals surface area contributed by atoms with E-state index in [4.69, 9.17) is 13.4 Å². The summed E-state index contributed by atoms with van der Waals surface area (Å²) < 4.78 is 16.6. The van der Waals surface area contributed by atoms with Gasteiger partial charge in [0.1, 0.15) is 17.2 Å². The minimum atomic E-state index is -0.0146. The number of aryl methyl sites for hydroxylation is 2. The fraction of sp³-hybridized carbons (Fsp3) is 0.333. The summed E-state index contributed by atoms with van der Waals surface area (Å²) in [4.78, 5) is 23.1. The van der Waals surface area contributed by atoms with Crippen molar-refractivity contribution in [3.63, 3.8) is 0 Å². The van der Waals surface area contributed by atoms with Crippen LogP contribution in [0.15, 0.2) is 62.1 Å². The number of oxazole rings is 2. The van der Waals surface area contributed by atoms with E-state index in [1.165, 1.54) is 0 Å². The van der Waals surface area contributed by atoms with Crippen LogP contribution < -0.4 is 0 Å². The molecule has 0 saturated carbocycles. The lowest BCUT2D eigenvalue weighted by Crippen LogP contribution is -2.23. The van der Waals surface area contributed by atoms with Crippen LogP contribution in [0.3, 0.4) is 0 Å². The van der Waals surface area contributed by atoms with Gasteiger partial charge in [0.05, 0.1) is 25.5 Å². The van der Waals surface area contributed by atoms with Crippen LogP contribution >= 0.6 is 0 Å². The molecule has 4 aromatic rings. The molecule has 166 valence electrons. The fourth-order valence-electron chi connectivity index (χ4n) is 3.51. The molecule has 0 N–H and O–H groups in total. The molecule has 0 amide bonds. The number of aromatic nitrogens is 3. The number of hydrogen-bond acceptors (Lipinski definition) is 8. The summed E-state index contributed by atoms with van der Waals surface area (Å²) in [7, 11) is 0. The molecule has 32 heavy (non-hydrogen) atoms. The molecule has 3 heterocycles. The van der Waals surface area contributed by atoms with Gasteiger partial charge >= 0.3 is 0 Å². The largest absolute Gasteiger partial charge is 0.445 e. The van der Waals surface area contributed by atoms with Crippen LogP contribution in [0.5, 0.6) is 0 Å². The lowest BCUT2D eigenvalue weighted by molar-refractivity contribution is 0.0968. The van der Waals surface area contributed by atoms with Gasteiger partial charge in [0.15, 0.2) is 23.3 Å². The Balaban J connectivity index is 1.29. The van der Waals surface area contributed by atoms with Crippen LogP contribution in [-0.4, -0.2) is 32.4 Å². The van der Waals surface area contributed by atoms with Crippen molar-refractivity contribution in [1.29, 1.82) is 0 Å². The van der Waals surface area contributed by atoms with Gasteiger partial charge in [-0.05, 0) is 19.4 Å². The smallest absolute Gasteiger partial charge is 0.191 e. The maximum absolute atomic E-state index is 12.5. The zero-order chi connectivity index (χ0) is 22.3. The number of carbonyl (C=O) groups excluding carboxylic acids is 1. The number of benzene rings is 1. The molecule has 1 aromatic carbocycles. The molecule has 0 aliphatic heterocycles. The molecule has 0 radical (unpaired) electrons. The van der Waals surface area contributed by atoms with Crippen LogP contribution in [0.1, 0.15) is 53.1 Å². The molecule has 0 bridgehead atoms. The van der Waals surface area contributed by atoms with Gasteiger partial charge in [-0.15, -0.1) is 0 Å². The Kier molecular flexibility index (Phi) is 6.91. The van der Waals surface area contributed by atoms with Crippen molar-refractivity contribution >= 4 is 5.78 Å². The highest BCUT2D eigenvalue weighted by Gasteiger charge is 2.15. The summed E-state index contributed by atoms with van der Waals surface area (Å²) in [5, 5.41) is 3.95. The normalized spacial score (nSPS) is 11.3. The van der Waals surface area contributed by atoms with Crippen molar-refractivity contribution in [2.45, 2.75) is 46.2 Å². The first-order valence-corrected chi connectivity index (χ1v) is 10.7. The Bertz CT molecular complexity index is 1100. The molecule has 8 heteroatoms.